The average molecular weight is 379 g/mol. The maximum absolute atomic E-state index is 2.55. The van der Waals surface area contributed by atoms with E-state index in [-0.39, 0.29) is 0 Å². The van der Waals surface area contributed by atoms with Gasteiger partial charge in [-0.15, -0.1) is 0 Å². The molecule has 0 saturated carbocycles. The molecule has 0 saturated heterocycles. The van der Waals surface area contributed by atoms with Crippen LogP contribution in [0.25, 0.3) is 0 Å². The Hall–Kier alpha value is 2.38. The van der Waals surface area contributed by atoms with Crippen molar-refractivity contribution in [1.29, 1.82) is 0 Å². The molecule has 0 aromatic rings. The molecule has 5 heteroatoms. The van der Waals surface area contributed by atoms with Gasteiger partial charge in [-0.25, -0.2) is 0 Å². The first kappa shape index (κ1) is 13.4. The van der Waals surface area contributed by atoms with E-state index in [2.05, 4.69) is 50.8 Å². The topological polar surface area (TPSA) is 0 Å². The molecule has 0 unspecified atom stereocenters. The van der Waals surface area contributed by atoms with Gasteiger partial charge >= 0.3 is 89.1 Å². The summed E-state index contributed by atoms with van der Waals surface area (Å²) in [5.74, 6) is 0. The van der Waals surface area contributed by atoms with Crippen LogP contribution < -0.4 is 0 Å². The van der Waals surface area contributed by atoms with E-state index in [0.29, 0.717) is 0 Å². The van der Waals surface area contributed by atoms with Crippen molar-refractivity contribution in [2.75, 3.05) is 0 Å². The molecule has 0 bridgehead atoms. The Morgan fingerprint density at radius 1 is 0.818 bits per heavy atom. The molecule has 0 heterocycles. The molecule has 11 heavy (non-hydrogen) atoms. The van der Waals surface area contributed by atoms with Crippen LogP contribution in [0, 0.1) is 0 Å². The van der Waals surface area contributed by atoms with Gasteiger partial charge in [0, 0.05) is 0 Å². The van der Waals surface area contributed by atoms with Crippen LogP contribution in [0.4, 0.5) is 0 Å². The minimum atomic E-state index is -1.19. The molecule has 0 rings (SSSR count). The fourth-order valence-electron chi connectivity index (χ4n) is 0.801. The van der Waals surface area contributed by atoms with E-state index in [4.69, 9.17) is 0 Å². The van der Waals surface area contributed by atoms with Crippen LogP contribution in [0.5, 0.6) is 0 Å². The van der Waals surface area contributed by atoms with Crippen LogP contribution in [0.15, 0.2) is 0 Å². The van der Waals surface area contributed by atoms with Gasteiger partial charge in [0.2, 0.25) is 0 Å². The molecule has 0 aromatic heterocycles. The van der Waals surface area contributed by atoms with Crippen molar-refractivity contribution in [3.8, 4) is 0 Å². The van der Waals surface area contributed by atoms with E-state index >= 15 is 0 Å². The van der Waals surface area contributed by atoms with E-state index in [1.165, 1.54) is 0 Å². The summed E-state index contributed by atoms with van der Waals surface area (Å²) in [4.78, 5) is 0. The van der Waals surface area contributed by atoms with E-state index in [1.807, 2.05) is 0 Å². The molecule has 0 aliphatic rings. The van der Waals surface area contributed by atoms with Crippen LogP contribution in [0.3, 0.4) is 0 Å². The van der Waals surface area contributed by atoms with Crippen molar-refractivity contribution in [3.63, 3.8) is 0 Å². The zero-order valence-corrected chi connectivity index (χ0v) is 15.4. The summed E-state index contributed by atoms with van der Waals surface area (Å²) >= 11 is -2.03. The van der Waals surface area contributed by atoms with Crippen molar-refractivity contribution in [2.45, 2.75) is 34.3 Å². The monoisotopic (exact) mass is 379 g/mol. The molecule has 0 N–H and O–H groups in total. The van der Waals surface area contributed by atoms with E-state index in [1.54, 1.807) is 0 Å². The Labute approximate surface area is 87.9 Å². The third-order valence-electron chi connectivity index (χ3n) is 0.720. The summed E-state index contributed by atoms with van der Waals surface area (Å²) in [5, 5.41) is 0. The van der Waals surface area contributed by atoms with Crippen molar-refractivity contribution >= 4 is 54.8 Å². The summed E-state index contributed by atoms with van der Waals surface area (Å²) in [5.41, 5.74) is 15.0. The summed E-state index contributed by atoms with van der Waals surface area (Å²) < 4.78 is 0. The van der Waals surface area contributed by atoms with E-state index < -0.39 is 38.2 Å². The minimum absolute atomic E-state index is 0.418. The Balaban J connectivity index is 3.79. The summed E-state index contributed by atoms with van der Waals surface area (Å²) in [7, 11) is 4.80. The second kappa shape index (κ2) is 5.97. The van der Waals surface area contributed by atoms with Gasteiger partial charge in [0.05, 0.1) is 0 Å². The molecule has 0 aromatic carbocycles. The van der Waals surface area contributed by atoms with Crippen LogP contribution in [0.1, 0.15) is 0 Å². The molecule has 0 aliphatic carbocycles. The van der Waals surface area contributed by atoms with Crippen LogP contribution >= 0.6 is 16.6 Å². The second-order valence-corrected chi connectivity index (χ2v) is 46.5. The van der Waals surface area contributed by atoms with Crippen LogP contribution in [0.2, 0.25) is 34.3 Å². The maximum atomic E-state index is 2.55. The van der Waals surface area contributed by atoms with E-state index in [0.717, 1.165) is 0 Å². The summed E-state index contributed by atoms with van der Waals surface area (Å²) in [6.07, 6.45) is 0. The molecule has 0 fully saturated rings. The molecular formula is C6H18As3S2+. The standard InChI is InChI=1S/C6H18As3S2/c1-7(2)10-9(5,6)11-8(3)4/h1-6H3/q+1. The zero-order valence-electron chi connectivity index (χ0n) is 8.16. The first-order valence-electron chi connectivity index (χ1n) is 3.41. The molecule has 0 aliphatic heterocycles. The second-order valence-electron chi connectivity index (χ2n) is 3.04. The van der Waals surface area contributed by atoms with Gasteiger partial charge in [-0.05, 0) is 0 Å². The van der Waals surface area contributed by atoms with Crippen molar-refractivity contribution in [1.82, 2.24) is 0 Å². The number of rotatable bonds is 4. The van der Waals surface area contributed by atoms with Gasteiger partial charge < -0.3 is 0 Å². The van der Waals surface area contributed by atoms with Crippen molar-refractivity contribution < 1.29 is 0 Å². The average Bonchev–Trinajstić information content (AvgIpc) is 1.53. The van der Waals surface area contributed by atoms with E-state index in [9.17, 15) is 0 Å². The first-order chi connectivity index (χ1) is 4.83. The van der Waals surface area contributed by atoms with Gasteiger partial charge in [0.1, 0.15) is 0 Å². The predicted octanol–water partition coefficient (Wildman–Crippen LogP) is 3.66. The fraction of sp³-hybridized carbons (Fsp3) is 1.00. The predicted molar refractivity (Wildman–Crippen MR) is 67.6 cm³/mol. The van der Waals surface area contributed by atoms with Crippen LogP contribution in [-0.2, 0) is 0 Å². The summed E-state index contributed by atoms with van der Waals surface area (Å²) in [6.45, 7) is 0. The Morgan fingerprint density at radius 2 is 1.09 bits per heavy atom. The first-order valence-corrected chi connectivity index (χ1v) is 25.3. The Kier molecular flexibility index (Phi) is 7.26. The van der Waals surface area contributed by atoms with Gasteiger partial charge in [-0.3, -0.25) is 0 Å². The molecule has 0 radical (unpaired) electrons. The number of hydrogen-bond donors (Lipinski definition) is 0. The van der Waals surface area contributed by atoms with Gasteiger partial charge in [0.25, 0.3) is 0 Å². The Bertz CT molecular complexity index is 102. The van der Waals surface area contributed by atoms with Crippen molar-refractivity contribution in [3.05, 3.63) is 0 Å². The molecule has 0 spiro atoms. The van der Waals surface area contributed by atoms with Crippen LogP contribution in [-0.4, -0.2) is 38.2 Å². The fourth-order valence-corrected chi connectivity index (χ4v) is 104. The quantitative estimate of drug-likeness (QED) is 0.684. The van der Waals surface area contributed by atoms with Crippen molar-refractivity contribution in [2.24, 2.45) is 0 Å². The normalized spacial score (nSPS) is 13.1. The van der Waals surface area contributed by atoms with Gasteiger partial charge in [0.15, 0.2) is 0 Å². The third kappa shape index (κ3) is 8.70. The summed E-state index contributed by atoms with van der Waals surface area (Å²) in [6, 6.07) is 0. The third-order valence-corrected chi connectivity index (χ3v) is 69.1. The molecule has 0 nitrogen and oxygen atoms in total. The van der Waals surface area contributed by atoms with Gasteiger partial charge in [-0.1, -0.05) is 0 Å². The Morgan fingerprint density at radius 3 is 1.27 bits per heavy atom. The molecule has 68 valence electrons. The molecular weight excluding hydrogens is 361 g/mol. The molecule has 0 amide bonds. The SMILES string of the molecule is C[As](C)S[As+](C)(C)S[As](C)C. The zero-order chi connectivity index (χ0) is 9.07. The molecule has 0 atom stereocenters. The number of hydrogen-bond acceptors (Lipinski definition) is 2. The van der Waals surface area contributed by atoms with Gasteiger partial charge in [-0.2, -0.15) is 0 Å².